The number of carbonyl (C=O) groups is 1. The number of methoxy groups -OCH3 is 1. The van der Waals surface area contributed by atoms with Gasteiger partial charge in [-0.25, -0.2) is 0 Å². The van der Waals surface area contributed by atoms with E-state index in [1.807, 2.05) is 48.5 Å². The van der Waals surface area contributed by atoms with Crippen molar-refractivity contribution in [1.82, 2.24) is 0 Å². The van der Waals surface area contributed by atoms with Crippen molar-refractivity contribution in [2.24, 2.45) is 0 Å². The first kappa shape index (κ1) is 17.9. The van der Waals surface area contributed by atoms with Crippen LogP contribution in [0.5, 0.6) is 11.5 Å². The van der Waals surface area contributed by atoms with Gasteiger partial charge in [-0.15, -0.1) is 0 Å². The van der Waals surface area contributed by atoms with Crippen molar-refractivity contribution >= 4 is 17.7 Å². The molecule has 128 valence electrons. The fourth-order valence-electron chi connectivity index (χ4n) is 2.12. The van der Waals surface area contributed by atoms with Crippen molar-refractivity contribution in [2.45, 2.75) is 0 Å². The average molecular weight is 336 g/mol. The van der Waals surface area contributed by atoms with E-state index in [0.29, 0.717) is 17.6 Å². The molecule has 0 spiro atoms. The van der Waals surface area contributed by atoms with Crippen LogP contribution >= 0.6 is 0 Å². The standard InChI is InChI=1S/C12H12N2.C8H8O3/c13-11-5-1-9(2-6-11)10-3-7-12(14)8-4-10;1-11-8-4-6(5-9)2-3-7(8)10/h1-8H,13-14H2;2-5,10H,1H3. The summed E-state index contributed by atoms with van der Waals surface area (Å²) in [5.41, 5.74) is 15.6. The van der Waals surface area contributed by atoms with Gasteiger partial charge < -0.3 is 21.3 Å². The Balaban J connectivity index is 0.000000186. The second-order valence-corrected chi connectivity index (χ2v) is 5.29. The molecule has 5 nitrogen and oxygen atoms in total. The van der Waals surface area contributed by atoms with Gasteiger partial charge in [0.05, 0.1) is 7.11 Å². The van der Waals surface area contributed by atoms with Crippen molar-refractivity contribution in [3.8, 4) is 22.6 Å². The van der Waals surface area contributed by atoms with Crippen LogP contribution in [-0.4, -0.2) is 18.5 Å². The Morgan fingerprint density at radius 2 is 1.32 bits per heavy atom. The number of aldehydes is 1. The summed E-state index contributed by atoms with van der Waals surface area (Å²) in [6.45, 7) is 0. The number of hydrogen-bond acceptors (Lipinski definition) is 5. The molecule has 0 amide bonds. The minimum atomic E-state index is 0.0399. The monoisotopic (exact) mass is 336 g/mol. The lowest BCUT2D eigenvalue weighted by Crippen LogP contribution is -1.85. The van der Waals surface area contributed by atoms with Crippen LogP contribution in [0.4, 0.5) is 11.4 Å². The number of rotatable bonds is 3. The third-order valence-corrected chi connectivity index (χ3v) is 3.49. The summed E-state index contributed by atoms with van der Waals surface area (Å²) >= 11 is 0. The van der Waals surface area contributed by atoms with E-state index >= 15 is 0 Å². The van der Waals surface area contributed by atoms with Crippen molar-refractivity contribution in [3.63, 3.8) is 0 Å². The van der Waals surface area contributed by atoms with Gasteiger partial charge in [-0.3, -0.25) is 4.79 Å². The molecule has 0 aliphatic heterocycles. The Kier molecular flexibility index (Phi) is 6.01. The predicted molar refractivity (Wildman–Crippen MR) is 101 cm³/mol. The molecule has 3 aromatic carbocycles. The van der Waals surface area contributed by atoms with Crippen LogP contribution in [0.1, 0.15) is 10.4 Å². The molecule has 0 bridgehead atoms. The van der Waals surface area contributed by atoms with Crippen LogP contribution in [-0.2, 0) is 0 Å². The van der Waals surface area contributed by atoms with E-state index in [9.17, 15) is 4.79 Å². The molecular formula is C20H20N2O3. The molecule has 0 aliphatic rings. The molecule has 0 radical (unpaired) electrons. The minimum absolute atomic E-state index is 0.0399. The number of nitrogens with two attached hydrogens (primary N) is 2. The van der Waals surface area contributed by atoms with Crippen LogP contribution in [0.2, 0.25) is 0 Å². The number of phenolic OH excluding ortho intramolecular Hbond substituents is 1. The molecule has 0 atom stereocenters. The first-order chi connectivity index (χ1) is 12.0. The number of hydrogen-bond donors (Lipinski definition) is 3. The average Bonchev–Trinajstić information content (AvgIpc) is 2.64. The summed E-state index contributed by atoms with van der Waals surface area (Å²) in [6.07, 6.45) is 0.696. The van der Waals surface area contributed by atoms with Gasteiger partial charge in [0.15, 0.2) is 11.5 Å². The molecule has 0 fully saturated rings. The molecule has 25 heavy (non-hydrogen) atoms. The van der Waals surface area contributed by atoms with Crippen molar-refractivity contribution < 1.29 is 14.6 Å². The van der Waals surface area contributed by atoms with Crippen LogP contribution in [0, 0.1) is 0 Å². The lowest BCUT2D eigenvalue weighted by Gasteiger charge is -2.02. The number of carbonyl (C=O) groups excluding carboxylic acids is 1. The van der Waals surface area contributed by atoms with E-state index in [2.05, 4.69) is 0 Å². The van der Waals surface area contributed by atoms with Crippen LogP contribution in [0.15, 0.2) is 66.7 Å². The second kappa shape index (κ2) is 8.40. The summed E-state index contributed by atoms with van der Waals surface area (Å²) in [7, 11) is 1.43. The number of nitrogen functional groups attached to an aromatic ring is 2. The summed E-state index contributed by atoms with van der Waals surface area (Å²) < 4.78 is 4.78. The summed E-state index contributed by atoms with van der Waals surface area (Å²) in [5.74, 6) is 0.354. The maximum atomic E-state index is 10.2. The highest BCUT2D eigenvalue weighted by Gasteiger charge is 2.00. The number of aromatic hydroxyl groups is 1. The van der Waals surface area contributed by atoms with Gasteiger partial charge in [0.25, 0.3) is 0 Å². The zero-order valence-corrected chi connectivity index (χ0v) is 13.8. The van der Waals surface area contributed by atoms with E-state index < -0.39 is 0 Å². The van der Waals surface area contributed by atoms with Gasteiger partial charge >= 0.3 is 0 Å². The topological polar surface area (TPSA) is 98.6 Å². The van der Waals surface area contributed by atoms with Gasteiger partial charge in [-0.2, -0.15) is 0 Å². The maximum Gasteiger partial charge on any atom is 0.161 e. The Bertz CT molecular complexity index is 785. The third-order valence-electron chi connectivity index (χ3n) is 3.49. The molecule has 0 saturated carbocycles. The second-order valence-electron chi connectivity index (χ2n) is 5.29. The molecule has 0 aromatic heterocycles. The first-order valence-electron chi connectivity index (χ1n) is 7.57. The Morgan fingerprint density at radius 3 is 1.72 bits per heavy atom. The molecule has 5 heteroatoms. The van der Waals surface area contributed by atoms with Gasteiger partial charge in [0.2, 0.25) is 0 Å². The molecule has 0 aliphatic carbocycles. The van der Waals surface area contributed by atoms with Crippen LogP contribution in [0.3, 0.4) is 0 Å². The largest absolute Gasteiger partial charge is 0.504 e. The summed E-state index contributed by atoms with van der Waals surface area (Å²) in [4.78, 5) is 10.2. The van der Waals surface area contributed by atoms with Crippen LogP contribution in [0.25, 0.3) is 11.1 Å². The van der Waals surface area contributed by atoms with Gasteiger partial charge in [0, 0.05) is 16.9 Å². The lowest BCUT2D eigenvalue weighted by atomic mass is 10.1. The zero-order valence-electron chi connectivity index (χ0n) is 13.8. The molecule has 5 N–H and O–H groups in total. The highest BCUT2D eigenvalue weighted by atomic mass is 16.5. The summed E-state index contributed by atoms with van der Waals surface area (Å²) in [6, 6.07) is 20.0. The zero-order chi connectivity index (χ0) is 18.2. The minimum Gasteiger partial charge on any atom is -0.504 e. The van der Waals surface area contributed by atoms with E-state index in [4.69, 9.17) is 21.3 Å². The van der Waals surface area contributed by atoms with Gasteiger partial charge in [0.1, 0.15) is 6.29 Å². The van der Waals surface area contributed by atoms with E-state index in [1.54, 1.807) is 0 Å². The first-order valence-corrected chi connectivity index (χ1v) is 7.57. The Labute approximate surface area is 146 Å². The SMILES string of the molecule is COc1cc(C=O)ccc1O.Nc1ccc(-c2ccc(N)cc2)cc1. The maximum absolute atomic E-state index is 10.2. The smallest absolute Gasteiger partial charge is 0.161 e. The Hall–Kier alpha value is -3.47. The molecule has 0 heterocycles. The number of benzene rings is 3. The highest BCUT2D eigenvalue weighted by molar-refractivity contribution is 5.76. The third kappa shape index (κ3) is 5.00. The normalized spacial score (nSPS) is 9.64. The molecule has 0 unspecified atom stereocenters. The number of anilines is 2. The molecule has 0 saturated heterocycles. The molecule has 3 rings (SSSR count). The predicted octanol–water partition coefficient (Wildman–Crippen LogP) is 3.73. The highest BCUT2D eigenvalue weighted by Crippen LogP contribution is 2.25. The number of phenols is 1. The van der Waals surface area contributed by atoms with E-state index in [-0.39, 0.29) is 5.75 Å². The molecule has 3 aromatic rings. The van der Waals surface area contributed by atoms with E-state index in [1.165, 1.54) is 25.3 Å². The number of ether oxygens (including phenoxy) is 1. The van der Waals surface area contributed by atoms with Gasteiger partial charge in [-0.05, 0) is 53.6 Å². The lowest BCUT2D eigenvalue weighted by molar-refractivity contribution is 0.112. The fraction of sp³-hybridized carbons (Fsp3) is 0.0500. The molecular weight excluding hydrogens is 316 g/mol. The summed E-state index contributed by atoms with van der Waals surface area (Å²) in [5, 5.41) is 9.09. The van der Waals surface area contributed by atoms with Gasteiger partial charge in [-0.1, -0.05) is 24.3 Å². The van der Waals surface area contributed by atoms with Crippen molar-refractivity contribution in [1.29, 1.82) is 0 Å². The van der Waals surface area contributed by atoms with Crippen molar-refractivity contribution in [3.05, 3.63) is 72.3 Å². The quantitative estimate of drug-likeness (QED) is 0.500. The van der Waals surface area contributed by atoms with Crippen LogP contribution < -0.4 is 16.2 Å². The fourth-order valence-corrected chi connectivity index (χ4v) is 2.12. The van der Waals surface area contributed by atoms with E-state index in [0.717, 1.165) is 22.5 Å². The van der Waals surface area contributed by atoms with Crippen molar-refractivity contribution in [2.75, 3.05) is 18.6 Å². The Morgan fingerprint density at radius 1 is 0.840 bits per heavy atom.